The molecule has 2 rings (SSSR count). The summed E-state index contributed by atoms with van der Waals surface area (Å²) in [5.41, 5.74) is -0.238. The highest BCUT2D eigenvalue weighted by molar-refractivity contribution is 7.99. The number of aromatic nitrogens is 3. The molecule has 0 amide bonds. The SMILES string of the molecule is CC1CN(c2nnc(SCC(=O)O)n2C)CC(C)(C)O1. The first kappa shape index (κ1) is 15.1. The van der Waals surface area contributed by atoms with Gasteiger partial charge >= 0.3 is 5.97 Å². The molecule has 1 aliphatic rings. The van der Waals surface area contributed by atoms with Gasteiger partial charge in [0.25, 0.3) is 0 Å². The van der Waals surface area contributed by atoms with Crippen molar-refractivity contribution in [2.75, 3.05) is 23.7 Å². The van der Waals surface area contributed by atoms with Crippen LogP contribution in [0.15, 0.2) is 5.16 Å². The van der Waals surface area contributed by atoms with Crippen LogP contribution in [-0.4, -0.2) is 56.4 Å². The minimum Gasteiger partial charge on any atom is -0.481 e. The predicted molar refractivity (Wildman–Crippen MR) is 76.2 cm³/mol. The first-order chi connectivity index (χ1) is 9.28. The molecule has 0 bridgehead atoms. The van der Waals surface area contributed by atoms with Crippen molar-refractivity contribution < 1.29 is 14.6 Å². The molecule has 0 spiro atoms. The minimum atomic E-state index is -0.860. The Morgan fingerprint density at radius 2 is 2.25 bits per heavy atom. The normalized spacial score (nSPS) is 22.0. The molecule has 112 valence electrons. The van der Waals surface area contributed by atoms with E-state index < -0.39 is 5.97 Å². The van der Waals surface area contributed by atoms with E-state index in [4.69, 9.17) is 9.84 Å². The van der Waals surface area contributed by atoms with Gasteiger partial charge in [-0.25, -0.2) is 0 Å². The van der Waals surface area contributed by atoms with Crippen molar-refractivity contribution in [3.05, 3.63) is 0 Å². The van der Waals surface area contributed by atoms with Crippen LogP contribution >= 0.6 is 11.8 Å². The molecule has 0 saturated carbocycles. The van der Waals surface area contributed by atoms with Crippen molar-refractivity contribution in [3.8, 4) is 0 Å². The lowest BCUT2D eigenvalue weighted by atomic mass is 10.1. The average Bonchev–Trinajstić information content (AvgIpc) is 2.65. The van der Waals surface area contributed by atoms with Gasteiger partial charge in [-0.2, -0.15) is 0 Å². The van der Waals surface area contributed by atoms with Gasteiger partial charge in [0.1, 0.15) is 0 Å². The zero-order valence-electron chi connectivity index (χ0n) is 12.2. The second kappa shape index (κ2) is 5.61. The van der Waals surface area contributed by atoms with Crippen molar-refractivity contribution in [1.29, 1.82) is 0 Å². The number of thioether (sulfide) groups is 1. The van der Waals surface area contributed by atoms with Gasteiger partial charge in [0, 0.05) is 20.1 Å². The van der Waals surface area contributed by atoms with E-state index in [0.29, 0.717) is 5.16 Å². The fourth-order valence-electron chi connectivity index (χ4n) is 2.44. The Balaban J connectivity index is 2.14. The number of anilines is 1. The van der Waals surface area contributed by atoms with E-state index >= 15 is 0 Å². The molecule has 1 atom stereocenters. The first-order valence-corrected chi connectivity index (χ1v) is 7.44. The van der Waals surface area contributed by atoms with Gasteiger partial charge < -0.3 is 14.7 Å². The molecule has 0 aromatic carbocycles. The Morgan fingerprint density at radius 3 is 2.85 bits per heavy atom. The number of nitrogens with zero attached hydrogens (tertiary/aromatic N) is 4. The molecule has 1 saturated heterocycles. The standard InChI is InChI=1S/C12H20N4O3S/c1-8-5-16(7-12(2,3)19-8)10-13-14-11(15(10)4)20-6-9(17)18/h8H,5-7H2,1-4H3,(H,17,18). The van der Waals surface area contributed by atoms with Crippen molar-refractivity contribution in [2.45, 2.75) is 37.6 Å². The number of aliphatic carboxylic acids is 1. The Hall–Kier alpha value is -1.28. The molecule has 1 aromatic heterocycles. The van der Waals surface area contributed by atoms with Crippen LogP contribution in [0, 0.1) is 0 Å². The van der Waals surface area contributed by atoms with Crippen molar-refractivity contribution in [2.24, 2.45) is 7.05 Å². The molecule has 0 aliphatic carbocycles. The first-order valence-electron chi connectivity index (χ1n) is 6.45. The van der Waals surface area contributed by atoms with Crippen LogP contribution < -0.4 is 4.90 Å². The Bertz CT molecular complexity index is 503. The van der Waals surface area contributed by atoms with E-state index in [0.717, 1.165) is 19.0 Å². The molecule has 7 nitrogen and oxygen atoms in total. The monoisotopic (exact) mass is 300 g/mol. The number of hydrogen-bond acceptors (Lipinski definition) is 6. The summed E-state index contributed by atoms with van der Waals surface area (Å²) in [6.45, 7) is 7.61. The summed E-state index contributed by atoms with van der Waals surface area (Å²) in [5, 5.41) is 17.6. The molecule has 1 aliphatic heterocycles. The van der Waals surface area contributed by atoms with E-state index in [1.807, 2.05) is 32.4 Å². The third-order valence-electron chi connectivity index (χ3n) is 2.99. The van der Waals surface area contributed by atoms with Crippen LogP contribution in [0.3, 0.4) is 0 Å². The minimum absolute atomic E-state index is 0.0169. The van der Waals surface area contributed by atoms with E-state index in [-0.39, 0.29) is 17.5 Å². The maximum Gasteiger partial charge on any atom is 0.313 e. The van der Waals surface area contributed by atoms with Crippen LogP contribution in [-0.2, 0) is 16.6 Å². The van der Waals surface area contributed by atoms with E-state index in [1.165, 1.54) is 11.8 Å². The number of carboxylic acids is 1. The maximum absolute atomic E-state index is 10.6. The molecular formula is C12H20N4O3S. The van der Waals surface area contributed by atoms with Gasteiger partial charge in [0.2, 0.25) is 5.95 Å². The molecule has 20 heavy (non-hydrogen) atoms. The summed E-state index contributed by atoms with van der Waals surface area (Å²) in [6.07, 6.45) is 0.116. The van der Waals surface area contributed by atoms with Gasteiger partial charge in [0.15, 0.2) is 5.16 Å². The highest BCUT2D eigenvalue weighted by Gasteiger charge is 2.33. The molecule has 1 fully saturated rings. The lowest BCUT2D eigenvalue weighted by Gasteiger charge is -2.41. The quantitative estimate of drug-likeness (QED) is 0.831. The fourth-order valence-corrected chi connectivity index (χ4v) is 3.07. The predicted octanol–water partition coefficient (Wildman–Crippen LogP) is 0.995. The Labute approximate surface area is 122 Å². The van der Waals surface area contributed by atoms with E-state index in [1.54, 1.807) is 0 Å². The van der Waals surface area contributed by atoms with Gasteiger partial charge in [-0.1, -0.05) is 11.8 Å². The molecule has 1 unspecified atom stereocenters. The molecule has 1 N–H and O–H groups in total. The summed E-state index contributed by atoms with van der Waals surface area (Å²) in [6, 6.07) is 0. The Kier molecular flexibility index (Phi) is 4.24. The third-order valence-corrected chi connectivity index (χ3v) is 3.99. The van der Waals surface area contributed by atoms with Crippen LogP contribution in [0.2, 0.25) is 0 Å². The molecule has 1 aromatic rings. The zero-order valence-corrected chi connectivity index (χ0v) is 13.0. The number of rotatable bonds is 4. The van der Waals surface area contributed by atoms with Crippen LogP contribution in [0.4, 0.5) is 5.95 Å². The summed E-state index contributed by atoms with van der Waals surface area (Å²) in [7, 11) is 1.85. The number of carbonyl (C=O) groups is 1. The number of morpholine rings is 1. The average molecular weight is 300 g/mol. The van der Waals surface area contributed by atoms with Crippen molar-refractivity contribution in [3.63, 3.8) is 0 Å². The summed E-state index contributed by atoms with van der Waals surface area (Å²) < 4.78 is 7.70. The second-order valence-electron chi connectivity index (χ2n) is 5.59. The number of hydrogen-bond donors (Lipinski definition) is 1. The smallest absolute Gasteiger partial charge is 0.313 e. The second-order valence-corrected chi connectivity index (χ2v) is 6.54. The topological polar surface area (TPSA) is 80.5 Å². The summed E-state index contributed by atoms with van der Waals surface area (Å²) in [4.78, 5) is 12.7. The summed E-state index contributed by atoms with van der Waals surface area (Å²) in [5.74, 6) is -0.126. The molecule has 2 heterocycles. The molecular weight excluding hydrogens is 280 g/mol. The lowest BCUT2D eigenvalue weighted by molar-refractivity contribution is -0.133. The Morgan fingerprint density at radius 1 is 1.55 bits per heavy atom. The fraction of sp³-hybridized carbons (Fsp3) is 0.750. The van der Waals surface area contributed by atoms with Gasteiger partial charge in [0.05, 0.1) is 17.5 Å². The van der Waals surface area contributed by atoms with Crippen molar-refractivity contribution >= 4 is 23.7 Å². The third kappa shape index (κ3) is 3.43. The van der Waals surface area contributed by atoms with E-state index in [9.17, 15) is 4.79 Å². The zero-order chi connectivity index (χ0) is 14.9. The number of carboxylic acid groups (broad SMARTS) is 1. The highest BCUT2D eigenvalue weighted by Crippen LogP contribution is 2.26. The van der Waals surface area contributed by atoms with Crippen LogP contribution in [0.25, 0.3) is 0 Å². The van der Waals surface area contributed by atoms with E-state index in [2.05, 4.69) is 15.1 Å². The number of ether oxygens (including phenoxy) is 1. The molecule has 8 heteroatoms. The lowest BCUT2D eigenvalue weighted by Crippen LogP contribution is -2.52. The van der Waals surface area contributed by atoms with Crippen LogP contribution in [0.1, 0.15) is 20.8 Å². The molecule has 0 radical (unpaired) electrons. The van der Waals surface area contributed by atoms with Crippen molar-refractivity contribution in [1.82, 2.24) is 14.8 Å². The highest BCUT2D eigenvalue weighted by atomic mass is 32.2. The largest absolute Gasteiger partial charge is 0.481 e. The van der Waals surface area contributed by atoms with Gasteiger partial charge in [-0.15, -0.1) is 10.2 Å². The van der Waals surface area contributed by atoms with Gasteiger partial charge in [-0.05, 0) is 20.8 Å². The van der Waals surface area contributed by atoms with Crippen LogP contribution in [0.5, 0.6) is 0 Å². The van der Waals surface area contributed by atoms with Gasteiger partial charge in [-0.3, -0.25) is 9.36 Å². The maximum atomic E-state index is 10.6. The summed E-state index contributed by atoms with van der Waals surface area (Å²) >= 11 is 1.17.